The Balaban J connectivity index is 2.82. The van der Waals surface area contributed by atoms with Crippen molar-refractivity contribution in [2.24, 2.45) is 5.92 Å². The van der Waals surface area contributed by atoms with Crippen LogP contribution in [0.4, 0.5) is 8.78 Å². The van der Waals surface area contributed by atoms with Crippen LogP contribution >= 0.6 is 0 Å². The molecule has 1 atom stereocenters. The van der Waals surface area contributed by atoms with E-state index >= 15 is 0 Å². The first kappa shape index (κ1) is 14.1. The summed E-state index contributed by atoms with van der Waals surface area (Å²) in [4.78, 5) is 0. The molecule has 0 aromatic heterocycles. The van der Waals surface area contributed by atoms with Crippen molar-refractivity contribution < 1.29 is 8.78 Å². The summed E-state index contributed by atoms with van der Waals surface area (Å²) in [7, 11) is 0. The second kappa shape index (κ2) is 6.70. The van der Waals surface area contributed by atoms with E-state index in [1.807, 2.05) is 0 Å². The molecule has 0 radical (unpaired) electrons. The molecule has 0 saturated carbocycles. The first-order valence-corrected chi connectivity index (χ1v) is 6.22. The molecule has 0 aliphatic heterocycles. The minimum atomic E-state index is -0.518. The van der Waals surface area contributed by atoms with Crippen molar-refractivity contribution in [1.82, 2.24) is 5.32 Å². The third-order valence-electron chi connectivity index (χ3n) is 2.96. The molecule has 0 aliphatic carbocycles. The standard InChI is InChI=1S/C14H21F2N/c1-4-7-17-9-13(10(2)3)12-6-5-11(15)8-14(12)16/h5-6,8,10,13,17H,4,7,9H2,1-3H3. The van der Waals surface area contributed by atoms with E-state index in [4.69, 9.17) is 0 Å². The normalized spacial score (nSPS) is 13.1. The van der Waals surface area contributed by atoms with Gasteiger partial charge in [0.05, 0.1) is 0 Å². The van der Waals surface area contributed by atoms with Gasteiger partial charge in [-0.3, -0.25) is 0 Å². The van der Waals surface area contributed by atoms with Gasteiger partial charge in [-0.2, -0.15) is 0 Å². The Bertz CT molecular complexity index is 350. The van der Waals surface area contributed by atoms with Gasteiger partial charge in [-0.1, -0.05) is 26.8 Å². The lowest BCUT2D eigenvalue weighted by molar-refractivity contribution is 0.441. The van der Waals surface area contributed by atoms with Gasteiger partial charge in [0.25, 0.3) is 0 Å². The average Bonchev–Trinajstić information content (AvgIpc) is 2.25. The Morgan fingerprint density at radius 2 is 1.94 bits per heavy atom. The Morgan fingerprint density at radius 3 is 2.47 bits per heavy atom. The van der Waals surface area contributed by atoms with Gasteiger partial charge < -0.3 is 5.32 Å². The van der Waals surface area contributed by atoms with E-state index in [1.165, 1.54) is 6.07 Å². The summed E-state index contributed by atoms with van der Waals surface area (Å²) in [5, 5.41) is 3.30. The molecule has 1 N–H and O–H groups in total. The SMILES string of the molecule is CCCNCC(c1ccc(F)cc1F)C(C)C. The van der Waals surface area contributed by atoms with Gasteiger partial charge >= 0.3 is 0 Å². The molecule has 0 fully saturated rings. The highest BCUT2D eigenvalue weighted by atomic mass is 19.1. The molecule has 3 heteroatoms. The molecule has 1 unspecified atom stereocenters. The van der Waals surface area contributed by atoms with Crippen molar-refractivity contribution in [3.05, 3.63) is 35.4 Å². The van der Waals surface area contributed by atoms with Crippen LogP contribution in [0.3, 0.4) is 0 Å². The molecule has 1 rings (SSSR count). The number of halogens is 2. The fraction of sp³-hybridized carbons (Fsp3) is 0.571. The lowest BCUT2D eigenvalue weighted by Gasteiger charge is -2.22. The number of rotatable bonds is 6. The molecule has 1 nitrogen and oxygen atoms in total. The summed E-state index contributed by atoms with van der Waals surface area (Å²) < 4.78 is 26.6. The summed E-state index contributed by atoms with van der Waals surface area (Å²) in [5.74, 6) is -0.557. The molecule has 0 amide bonds. The first-order chi connectivity index (χ1) is 8.06. The van der Waals surface area contributed by atoms with E-state index in [0.29, 0.717) is 11.5 Å². The third kappa shape index (κ3) is 4.08. The highest BCUT2D eigenvalue weighted by Crippen LogP contribution is 2.26. The lowest BCUT2D eigenvalue weighted by Crippen LogP contribution is -2.26. The molecule has 96 valence electrons. The maximum Gasteiger partial charge on any atom is 0.129 e. The zero-order valence-corrected chi connectivity index (χ0v) is 10.8. The zero-order chi connectivity index (χ0) is 12.8. The van der Waals surface area contributed by atoms with Gasteiger partial charge in [0.15, 0.2) is 0 Å². The number of hydrogen-bond donors (Lipinski definition) is 1. The van der Waals surface area contributed by atoms with E-state index in [-0.39, 0.29) is 5.92 Å². The van der Waals surface area contributed by atoms with Gasteiger partial charge in [0.1, 0.15) is 11.6 Å². The highest BCUT2D eigenvalue weighted by molar-refractivity contribution is 5.23. The van der Waals surface area contributed by atoms with E-state index in [2.05, 4.69) is 26.1 Å². The lowest BCUT2D eigenvalue weighted by atomic mass is 9.88. The van der Waals surface area contributed by atoms with E-state index in [0.717, 1.165) is 25.6 Å². The second-order valence-electron chi connectivity index (χ2n) is 4.72. The van der Waals surface area contributed by atoms with Crippen LogP contribution in [0, 0.1) is 17.6 Å². The molecule has 17 heavy (non-hydrogen) atoms. The zero-order valence-electron chi connectivity index (χ0n) is 10.8. The van der Waals surface area contributed by atoms with Crippen molar-refractivity contribution in [3.8, 4) is 0 Å². The van der Waals surface area contributed by atoms with Crippen LogP contribution in [-0.4, -0.2) is 13.1 Å². The maximum atomic E-state index is 13.7. The molecule has 0 saturated heterocycles. The Kier molecular flexibility index (Phi) is 5.56. The van der Waals surface area contributed by atoms with Crippen molar-refractivity contribution in [1.29, 1.82) is 0 Å². The van der Waals surface area contributed by atoms with Crippen molar-refractivity contribution in [2.75, 3.05) is 13.1 Å². The first-order valence-electron chi connectivity index (χ1n) is 6.22. The van der Waals surface area contributed by atoms with Crippen LogP contribution in [0.1, 0.15) is 38.7 Å². The van der Waals surface area contributed by atoms with Gasteiger partial charge in [0, 0.05) is 18.5 Å². The maximum absolute atomic E-state index is 13.7. The average molecular weight is 241 g/mol. The summed E-state index contributed by atoms with van der Waals surface area (Å²) in [6.07, 6.45) is 1.05. The quantitative estimate of drug-likeness (QED) is 0.749. The van der Waals surface area contributed by atoms with Crippen LogP contribution in [0.15, 0.2) is 18.2 Å². The van der Waals surface area contributed by atoms with Crippen LogP contribution in [-0.2, 0) is 0 Å². The van der Waals surface area contributed by atoms with Gasteiger partial charge in [0.2, 0.25) is 0 Å². The molecule has 1 aromatic rings. The predicted octanol–water partition coefficient (Wildman–Crippen LogP) is 3.70. The molecular formula is C14H21F2N. The van der Waals surface area contributed by atoms with Gasteiger partial charge in [-0.25, -0.2) is 8.78 Å². The van der Waals surface area contributed by atoms with Crippen LogP contribution in [0.5, 0.6) is 0 Å². The Hall–Kier alpha value is -0.960. The van der Waals surface area contributed by atoms with E-state index in [1.54, 1.807) is 6.07 Å². The predicted molar refractivity (Wildman–Crippen MR) is 67.1 cm³/mol. The molecule has 0 heterocycles. The number of nitrogens with one attached hydrogen (secondary N) is 1. The molecule has 0 aliphatic rings. The van der Waals surface area contributed by atoms with Crippen LogP contribution < -0.4 is 5.32 Å². The van der Waals surface area contributed by atoms with Gasteiger partial charge in [-0.15, -0.1) is 0 Å². The van der Waals surface area contributed by atoms with E-state index < -0.39 is 11.6 Å². The topological polar surface area (TPSA) is 12.0 Å². The fourth-order valence-corrected chi connectivity index (χ4v) is 1.94. The number of hydrogen-bond acceptors (Lipinski definition) is 1. The Morgan fingerprint density at radius 1 is 1.24 bits per heavy atom. The van der Waals surface area contributed by atoms with Crippen LogP contribution in [0.25, 0.3) is 0 Å². The molecule has 0 spiro atoms. The molecule has 1 aromatic carbocycles. The second-order valence-corrected chi connectivity index (χ2v) is 4.72. The van der Waals surface area contributed by atoms with Crippen molar-refractivity contribution in [2.45, 2.75) is 33.1 Å². The van der Waals surface area contributed by atoms with Gasteiger partial charge in [-0.05, 0) is 30.5 Å². The highest BCUT2D eigenvalue weighted by Gasteiger charge is 2.19. The molecular weight excluding hydrogens is 220 g/mol. The van der Waals surface area contributed by atoms with Crippen LogP contribution in [0.2, 0.25) is 0 Å². The monoisotopic (exact) mass is 241 g/mol. The summed E-state index contributed by atoms with van der Waals surface area (Å²) in [6.45, 7) is 7.86. The largest absolute Gasteiger partial charge is 0.316 e. The minimum Gasteiger partial charge on any atom is -0.316 e. The molecule has 0 bridgehead atoms. The summed E-state index contributed by atoms with van der Waals surface area (Å²) in [5.41, 5.74) is 0.602. The Labute approximate surface area is 102 Å². The van der Waals surface area contributed by atoms with Crippen molar-refractivity contribution >= 4 is 0 Å². The summed E-state index contributed by atoms with van der Waals surface area (Å²) in [6, 6.07) is 3.85. The minimum absolute atomic E-state index is 0.0853. The van der Waals surface area contributed by atoms with E-state index in [9.17, 15) is 8.78 Å². The third-order valence-corrected chi connectivity index (χ3v) is 2.96. The smallest absolute Gasteiger partial charge is 0.129 e. The van der Waals surface area contributed by atoms with Crippen molar-refractivity contribution in [3.63, 3.8) is 0 Å². The summed E-state index contributed by atoms with van der Waals surface area (Å²) >= 11 is 0. The fourth-order valence-electron chi connectivity index (χ4n) is 1.94. The number of benzene rings is 1.